The van der Waals surface area contributed by atoms with Crippen LogP contribution in [0.4, 0.5) is 0 Å². The molecule has 0 spiro atoms. The van der Waals surface area contributed by atoms with Crippen LogP contribution >= 0.6 is 0 Å². The average Bonchev–Trinajstić information content (AvgIpc) is 2.47. The number of ether oxygens (including phenoxy) is 1. The Morgan fingerprint density at radius 2 is 1.19 bits per heavy atom. The Morgan fingerprint density at radius 1 is 0.762 bits per heavy atom. The number of hydrogen-bond acceptors (Lipinski definition) is 2. The minimum absolute atomic E-state index is 0.441. The van der Waals surface area contributed by atoms with Gasteiger partial charge in [0.05, 0.1) is 0 Å². The smallest absolute Gasteiger partial charge is 0.367 e. The van der Waals surface area contributed by atoms with Crippen molar-refractivity contribution in [1.82, 2.24) is 0 Å². The Labute approximate surface area is 131 Å². The lowest BCUT2D eigenvalue weighted by Gasteiger charge is -2.10. The number of carbonyl (C=O) groups excluding carboxylic acids is 1. The second kappa shape index (κ2) is 15.8. The van der Waals surface area contributed by atoms with Crippen molar-refractivity contribution in [1.29, 1.82) is 0 Å². The van der Waals surface area contributed by atoms with Gasteiger partial charge in [0.15, 0.2) is 6.10 Å². The van der Waals surface area contributed by atoms with Crippen LogP contribution in [0.2, 0.25) is 0 Å². The molecule has 0 N–H and O–H groups in total. The molecule has 0 aliphatic rings. The van der Waals surface area contributed by atoms with Crippen molar-refractivity contribution < 1.29 is 14.6 Å². The maximum Gasteiger partial charge on any atom is 0.383 e. The van der Waals surface area contributed by atoms with Crippen LogP contribution in [0, 0.1) is 0 Å². The summed E-state index contributed by atoms with van der Waals surface area (Å²) < 4.78 is 5.14. The fraction of sp³-hybridized carbons (Fsp3) is 0.944. The van der Waals surface area contributed by atoms with Gasteiger partial charge in [-0.15, -0.1) is 0 Å². The molecule has 0 heterocycles. The molecule has 3 heteroatoms. The Kier molecular flexibility index (Phi) is 15.4. The van der Waals surface area contributed by atoms with E-state index >= 15 is 0 Å². The number of unbranched alkanes of at least 4 members (excludes halogenated alkanes) is 11. The summed E-state index contributed by atoms with van der Waals surface area (Å²) in [6.07, 6.45) is 15.3. The molecule has 0 aromatic heterocycles. The van der Waals surface area contributed by atoms with Gasteiger partial charge in [0.25, 0.3) is 0 Å². The molecule has 1 atom stereocenters. The summed E-state index contributed by atoms with van der Waals surface area (Å²) in [6.45, 7) is 4.51. The number of carbonyl (C=O) groups is 1. The molecule has 0 saturated heterocycles. The minimum Gasteiger partial charge on any atom is -0.367 e. The first kappa shape index (κ1) is 20.4. The monoisotopic (exact) mass is 299 g/mol. The van der Waals surface area contributed by atoms with Crippen molar-refractivity contribution in [3.05, 3.63) is 0 Å². The lowest BCUT2D eigenvalue weighted by molar-refractivity contribution is -0.157. The van der Waals surface area contributed by atoms with Gasteiger partial charge in [-0.05, 0) is 13.3 Å². The highest BCUT2D eigenvalue weighted by Gasteiger charge is 2.18. The lowest BCUT2D eigenvalue weighted by Crippen LogP contribution is -2.22. The van der Waals surface area contributed by atoms with Crippen molar-refractivity contribution in [2.45, 2.75) is 103 Å². The first-order valence-corrected chi connectivity index (χ1v) is 9.04. The third kappa shape index (κ3) is 14.1. The van der Waals surface area contributed by atoms with Crippen LogP contribution in [0.25, 0.3) is 0 Å². The van der Waals surface area contributed by atoms with E-state index in [0.29, 0.717) is 13.0 Å². The molecule has 0 rings (SSSR count). The van der Waals surface area contributed by atoms with Crippen molar-refractivity contribution in [2.75, 3.05) is 6.61 Å². The van der Waals surface area contributed by atoms with E-state index < -0.39 is 12.1 Å². The maximum absolute atomic E-state index is 10.8. The normalized spacial score (nSPS) is 12.5. The molecule has 0 aliphatic heterocycles. The molecule has 0 aromatic carbocycles. The van der Waals surface area contributed by atoms with Crippen LogP contribution in [-0.4, -0.2) is 18.7 Å². The van der Waals surface area contributed by atoms with E-state index in [2.05, 4.69) is 6.92 Å². The van der Waals surface area contributed by atoms with Crippen LogP contribution in [0.15, 0.2) is 0 Å². The average molecular weight is 299 g/mol. The van der Waals surface area contributed by atoms with Gasteiger partial charge < -0.3 is 4.74 Å². The van der Waals surface area contributed by atoms with Crippen LogP contribution in [0.1, 0.15) is 97.3 Å². The van der Waals surface area contributed by atoms with E-state index in [0.717, 1.165) is 12.8 Å². The SMILES string of the molecule is CCCCCCCCCCCCCCC(OCC)C([O])=O. The summed E-state index contributed by atoms with van der Waals surface area (Å²) in [7, 11) is 0. The van der Waals surface area contributed by atoms with Gasteiger partial charge in [0, 0.05) is 6.61 Å². The van der Waals surface area contributed by atoms with E-state index in [9.17, 15) is 9.90 Å². The predicted octanol–water partition coefficient (Wildman–Crippen LogP) is 5.44. The molecule has 125 valence electrons. The highest BCUT2D eigenvalue weighted by molar-refractivity contribution is 5.71. The van der Waals surface area contributed by atoms with Gasteiger partial charge >= 0.3 is 5.97 Å². The molecule has 3 nitrogen and oxygen atoms in total. The third-order valence-electron chi connectivity index (χ3n) is 3.95. The predicted molar refractivity (Wildman–Crippen MR) is 86.8 cm³/mol. The summed E-state index contributed by atoms with van der Waals surface area (Å²) in [5.41, 5.74) is 0. The topological polar surface area (TPSA) is 46.2 Å². The first-order valence-electron chi connectivity index (χ1n) is 9.04. The summed E-state index contributed by atoms with van der Waals surface area (Å²) >= 11 is 0. The zero-order valence-electron chi connectivity index (χ0n) is 14.2. The van der Waals surface area contributed by atoms with Crippen molar-refractivity contribution in [2.24, 2.45) is 0 Å². The quantitative estimate of drug-likeness (QED) is 0.356. The third-order valence-corrected chi connectivity index (χ3v) is 3.95. The van der Waals surface area contributed by atoms with E-state index in [1.165, 1.54) is 64.2 Å². The number of rotatable bonds is 16. The van der Waals surface area contributed by atoms with E-state index in [4.69, 9.17) is 4.74 Å². The molecule has 0 bridgehead atoms. The lowest BCUT2D eigenvalue weighted by atomic mass is 10.0. The minimum atomic E-state index is -1.07. The summed E-state index contributed by atoms with van der Waals surface area (Å²) in [5, 5.41) is 10.8. The molecule has 1 unspecified atom stereocenters. The summed E-state index contributed by atoms with van der Waals surface area (Å²) in [6, 6.07) is 0. The Morgan fingerprint density at radius 3 is 1.57 bits per heavy atom. The standard InChI is InChI=1S/C18H35O3/c1-3-5-6-7-8-9-10-11-12-13-14-15-16-17(18(19)20)21-4-2/h17H,3-16H2,1-2H3. The fourth-order valence-electron chi connectivity index (χ4n) is 2.64. The van der Waals surface area contributed by atoms with E-state index in [1.807, 2.05) is 6.92 Å². The van der Waals surface area contributed by atoms with Crippen LogP contribution in [0.3, 0.4) is 0 Å². The van der Waals surface area contributed by atoms with Gasteiger partial charge in [-0.1, -0.05) is 84.0 Å². The second-order valence-corrected chi connectivity index (χ2v) is 5.94. The van der Waals surface area contributed by atoms with Crippen LogP contribution < -0.4 is 0 Å². The van der Waals surface area contributed by atoms with Gasteiger partial charge in [-0.3, -0.25) is 0 Å². The second-order valence-electron chi connectivity index (χ2n) is 5.94. The largest absolute Gasteiger partial charge is 0.383 e. The van der Waals surface area contributed by atoms with Gasteiger partial charge in [0.2, 0.25) is 0 Å². The number of hydrogen-bond donors (Lipinski definition) is 0. The van der Waals surface area contributed by atoms with E-state index in [1.54, 1.807) is 0 Å². The van der Waals surface area contributed by atoms with Gasteiger partial charge in [-0.2, -0.15) is 0 Å². The fourth-order valence-corrected chi connectivity index (χ4v) is 2.64. The van der Waals surface area contributed by atoms with E-state index in [-0.39, 0.29) is 0 Å². The summed E-state index contributed by atoms with van der Waals surface area (Å²) in [4.78, 5) is 10.8. The highest BCUT2D eigenvalue weighted by atomic mass is 16.5. The van der Waals surface area contributed by atoms with Crippen LogP contribution in [0.5, 0.6) is 0 Å². The maximum atomic E-state index is 10.8. The van der Waals surface area contributed by atoms with Crippen molar-refractivity contribution in [3.63, 3.8) is 0 Å². The van der Waals surface area contributed by atoms with Crippen molar-refractivity contribution >= 4 is 5.97 Å². The molecule has 0 aliphatic carbocycles. The molecule has 21 heavy (non-hydrogen) atoms. The molecule has 0 amide bonds. The molecular weight excluding hydrogens is 264 g/mol. The van der Waals surface area contributed by atoms with Gasteiger partial charge in [0.1, 0.15) is 0 Å². The Balaban J connectivity index is 3.23. The Bertz CT molecular complexity index is 229. The van der Waals surface area contributed by atoms with Crippen molar-refractivity contribution in [3.8, 4) is 0 Å². The zero-order chi connectivity index (χ0) is 15.8. The highest BCUT2D eigenvalue weighted by Crippen LogP contribution is 2.13. The molecule has 1 radical (unpaired) electrons. The summed E-state index contributed by atoms with van der Waals surface area (Å²) in [5.74, 6) is -1.07. The molecular formula is C18H35O3. The van der Waals surface area contributed by atoms with Crippen LogP contribution in [-0.2, 0) is 14.6 Å². The van der Waals surface area contributed by atoms with Gasteiger partial charge in [-0.25, -0.2) is 9.90 Å². The first-order chi connectivity index (χ1) is 10.2. The molecule has 0 saturated carbocycles. The Hall–Kier alpha value is -0.570. The molecule has 0 aromatic rings. The molecule has 0 fully saturated rings. The zero-order valence-corrected chi connectivity index (χ0v) is 14.2.